The van der Waals surface area contributed by atoms with Gasteiger partial charge >= 0.3 is 5.97 Å². The molecule has 0 aromatic rings. The van der Waals surface area contributed by atoms with E-state index < -0.39 is 5.97 Å². The molecule has 0 heterocycles. The average molecular weight is 158 g/mol. The van der Waals surface area contributed by atoms with Gasteiger partial charge in [0.1, 0.15) is 5.78 Å². The van der Waals surface area contributed by atoms with Crippen LogP contribution >= 0.6 is 0 Å². The molecule has 0 fully saturated rings. The van der Waals surface area contributed by atoms with Gasteiger partial charge in [-0.15, -0.1) is 6.58 Å². The summed E-state index contributed by atoms with van der Waals surface area (Å²) in [5.41, 5.74) is 0. The van der Waals surface area contributed by atoms with Crippen LogP contribution < -0.4 is 0 Å². The number of Topliss-reactive ketones (excluding diaryl/α,β-unsaturated/α-hetero) is 1. The predicted molar refractivity (Wildman–Crippen MR) is 43.4 cm³/mol. The second kappa shape index (κ2) is 8.88. The highest BCUT2D eigenvalue weighted by molar-refractivity contribution is 5.74. The van der Waals surface area contributed by atoms with Crippen molar-refractivity contribution in [3.05, 3.63) is 12.7 Å². The van der Waals surface area contributed by atoms with Gasteiger partial charge in [0.05, 0.1) is 6.42 Å². The van der Waals surface area contributed by atoms with Crippen LogP contribution in [0.4, 0.5) is 0 Å². The maximum absolute atomic E-state index is 9.81. The molecule has 0 aliphatic heterocycles. The van der Waals surface area contributed by atoms with Gasteiger partial charge < -0.3 is 9.90 Å². The minimum atomic E-state index is -0.829. The number of hydrogen-bond acceptors (Lipinski definition) is 2. The van der Waals surface area contributed by atoms with Crippen LogP contribution in [-0.4, -0.2) is 16.9 Å². The molecule has 0 unspecified atom stereocenters. The standard InChI is InChI=1S/C4H6O2.C4H8O/c1-2-3-4(5)6;1-3-4(2)5/h2H,1,3H2,(H,5,6);3H2,1-2H3. The van der Waals surface area contributed by atoms with Crippen molar-refractivity contribution in [3.8, 4) is 0 Å². The Balaban J connectivity index is 0. The topological polar surface area (TPSA) is 54.4 Å². The Morgan fingerprint density at radius 3 is 1.91 bits per heavy atom. The normalized spacial score (nSPS) is 7.45. The largest absolute Gasteiger partial charge is 0.481 e. The highest BCUT2D eigenvalue weighted by Crippen LogP contribution is 1.74. The SMILES string of the molecule is C=CCC(=O)O.CCC(C)=O. The molecule has 64 valence electrons. The maximum Gasteiger partial charge on any atom is 0.307 e. The van der Waals surface area contributed by atoms with Crippen LogP contribution in [0, 0.1) is 0 Å². The van der Waals surface area contributed by atoms with Crippen molar-refractivity contribution in [1.82, 2.24) is 0 Å². The smallest absolute Gasteiger partial charge is 0.307 e. The molecule has 0 aromatic heterocycles. The van der Waals surface area contributed by atoms with Gasteiger partial charge in [0.2, 0.25) is 0 Å². The zero-order valence-electron chi connectivity index (χ0n) is 6.96. The molecule has 11 heavy (non-hydrogen) atoms. The van der Waals surface area contributed by atoms with Crippen molar-refractivity contribution in [2.45, 2.75) is 26.7 Å². The van der Waals surface area contributed by atoms with Crippen LogP contribution in [0.15, 0.2) is 12.7 Å². The first-order chi connectivity index (χ1) is 5.04. The Kier molecular flexibility index (Phi) is 10.1. The molecule has 0 atom stereocenters. The molecule has 0 aliphatic rings. The lowest BCUT2D eigenvalue weighted by Crippen LogP contribution is -1.88. The molecule has 0 aliphatic carbocycles. The van der Waals surface area contributed by atoms with Crippen LogP contribution in [0.3, 0.4) is 0 Å². The van der Waals surface area contributed by atoms with Crippen molar-refractivity contribution < 1.29 is 14.7 Å². The van der Waals surface area contributed by atoms with Gasteiger partial charge in [-0.2, -0.15) is 0 Å². The van der Waals surface area contributed by atoms with Gasteiger partial charge in [0.15, 0.2) is 0 Å². The predicted octanol–water partition coefficient (Wildman–Crippen LogP) is 1.63. The van der Waals surface area contributed by atoms with Crippen molar-refractivity contribution in [3.63, 3.8) is 0 Å². The van der Waals surface area contributed by atoms with Crippen LogP contribution in [0.2, 0.25) is 0 Å². The quantitative estimate of drug-likeness (QED) is 0.635. The summed E-state index contributed by atoms with van der Waals surface area (Å²) in [6, 6.07) is 0. The van der Waals surface area contributed by atoms with Gasteiger partial charge in [0, 0.05) is 6.42 Å². The molecule has 0 saturated heterocycles. The molecule has 0 radical (unpaired) electrons. The lowest BCUT2D eigenvalue weighted by molar-refractivity contribution is -0.136. The van der Waals surface area contributed by atoms with E-state index in [1.165, 1.54) is 6.08 Å². The number of carbonyl (C=O) groups is 2. The Morgan fingerprint density at radius 2 is 1.91 bits per heavy atom. The minimum Gasteiger partial charge on any atom is -0.481 e. The van der Waals surface area contributed by atoms with E-state index in [2.05, 4.69) is 6.58 Å². The number of carbonyl (C=O) groups excluding carboxylic acids is 1. The van der Waals surface area contributed by atoms with Crippen molar-refractivity contribution in [2.75, 3.05) is 0 Å². The summed E-state index contributed by atoms with van der Waals surface area (Å²) in [7, 11) is 0. The van der Waals surface area contributed by atoms with Crippen LogP contribution in [-0.2, 0) is 9.59 Å². The number of rotatable bonds is 3. The first kappa shape index (κ1) is 12.5. The summed E-state index contributed by atoms with van der Waals surface area (Å²) >= 11 is 0. The average Bonchev–Trinajstić information content (AvgIpc) is 1.89. The van der Waals surface area contributed by atoms with Crippen molar-refractivity contribution in [2.24, 2.45) is 0 Å². The molecule has 0 spiro atoms. The summed E-state index contributed by atoms with van der Waals surface area (Å²) in [5.74, 6) is -0.574. The van der Waals surface area contributed by atoms with E-state index in [0.717, 1.165) is 0 Å². The van der Waals surface area contributed by atoms with Gasteiger partial charge in [-0.1, -0.05) is 13.0 Å². The van der Waals surface area contributed by atoms with Crippen molar-refractivity contribution in [1.29, 1.82) is 0 Å². The summed E-state index contributed by atoms with van der Waals surface area (Å²) in [5, 5.41) is 7.84. The zero-order valence-corrected chi connectivity index (χ0v) is 6.96. The molecule has 3 nitrogen and oxygen atoms in total. The molecule has 1 N–H and O–H groups in total. The van der Waals surface area contributed by atoms with Crippen LogP contribution in [0.5, 0.6) is 0 Å². The first-order valence-electron chi connectivity index (χ1n) is 3.36. The van der Waals surface area contributed by atoms with Gasteiger partial charge in [-0.3, -0.25) is 4.79 Å². The highest BCUT2D eigenvalue weighted by atomic mass is 16.4. The van der Waals surface area contributed by atoms with Gasteiger partial charge in [-0.25, -0.2) is 0 Å². The third kappa shape index (κ3) is 27.9. The lowest BCUT2D eigenvalue weighted by Gasteiger charge is -1.75. The lowest BCUT2D eigenvalue weighted by atomic mass is 10.4. The fourth-order valence-corrected chi connectivity index (χ4v) is 0.123. The third-order valence-electron chi connectivity index (χ3n) is 0.817. The summed E-state index contributed by atoms with van der Waals surface area (Å²) in [6.07, 6.45) is 2.07. The fourth-order valence-electron chi connectivity index (χ4n) is 0.123. The fraction of sp³-hybridized carbons (Fsp3) is 0.500. The van der Waals surface area contributed by atoms with Gasteiger partial charge in [-0.05, 0) is 6.92 Å². The number of ketones is 1. The number of carboxylic acids is 1. The van der Waals surface area contributed by atoms with Gasteiger partial charge in [0.25, 0.3) is 0 Å². The zero-order chi connectivity index (χ0) is 9.28. The highest BCUT2D eigenvalue weighted by Gasteiger charge is 1.84. The van der Waals surface area contributed by atoms with E-state index in [0.29, 0.717) is 6.42 Å². The van der Waals surface area contributed by atoms with E-state index in [-0.39, 0.29) is 12.2 Å². The molecule has 0 saturated carbocycles. The molecular formula is C8H14O3. The van der Waals surface area contributed by atoms with E-state index in [1.54, 1.807) is 6.92 Å². The molecular weight excluding hydrogens is 144 g/mol. The number of carboxylic acid groups (broad SMARTS) is 1. The van der Waals surface area contributed by atoms with Crippen LogP contribution in [0.1, 0.15) is 26.7 Å². The Labute approximate surface area is 66.7 Å². The van der Waals surface area contributed by atoms with Crippen LogP contribution in [0.25, 0.3) is 0 Å². The minimum absolute atomic E-state index is 0.0556. The summed E-state index contributed by atoms with van der Waals surface area (Å²) in [6.45, 7) is 6.65. The second-order valence-electron chi connectivity index (χ2n) is 1.94. The van der Waals surface area contributed by atoms with E-state index >= 15 is 0 Å². The van der Waals surface area contributed by atoms with E-state index in [4.69, 9.17) is 5.11 Å². The summed E-state index contributed by atoms with van der Waals surface area (Å²) < 4.78 is 0. The maximum atomic E-state index is 9.81. The molecule has 3 heteroatoms. The molecule has 0 amide bonds. The molecule has 0 aromatic carbocycles. The number of hydrogen-bond donors (Lipinski definition) is 1. The van der Waals surface area contributed by atoms with E-state index in [1.807, 2.05) is 6.92 Å². The summed E-state index contributed by atoms with van der Waals surface area (Å²) in [4.78, 5) is 19.3. The van der Waals surface area contributed by atoms with E-state index in [9.17, 15) is 9.59 Å². The Bertz CT molecular complexity index is 138. The second-order valence-corrected chi connectivity index (χ2v) is 1.94. The molecule has 0 bridgehead atoms. The monoisotopic (exact) mass is 158 g/mol. The number of aliphatic carboxylic acids is 1. The Hall–Kier alpha value is -1.12. The Morgan fingerprint density at radius 1 is 1.55 bits per heavy atom. The third-order valence-corrected chi connectivity index (χ3v) is 0.817. The molecule has 0 rings (SSSR count). The first-order valence-corrected chi connectivity index (χ1v) is 3.36. The van der Waals surface area contributed by atoms with Crippen molar-refractivity contribution >= 4 is 11.8 Å².